The standard InChI is InChI=1S/C13H15ClN4OS/c1-18(6-9-4-2-3-5-11(9)14)7-10-8-20-13(16-10)12(19)17-15/h2-5,8H,6-7,15H2,1H3,(H,17,19). The molecule has 0 aliphatic carbocycles. The molecule has 1 aromatic heterocycles. The Balaban J connectivity index is 1.98. The van der Waals surface area contributed by atoms with Gasteiger partial charge >= 0.3 is 0 Å². The van der Waals surface area contributed by atoms with Gasteiger partial charge in [0.15, 0.2) is 5.01 Å². The fraction of sp³-hybridized carbons (Fsp3) is 0.231. The van der Waals surface area contributed by atoms with Gasteiger partial charge in [0.1, 0.15) is 0 Å². The Kier molecular flexibility index (Phi) is 5.08. The van der Waals surface area contributed by atoms with Gasteiger partial charge in [0.05, 0.1) is 5.69 Å². The number of hydrogen-bond acceptors (Lipinski definition) is 5. The van der Waals surface area contributed by atoms with Crippen LogP contribution in [0.15, 0.2) is 29.6 Å². The predicted molar refractivity (Wildman–Crippen MR) is 80.4 cm³/mol. The van der Waals surface area contributed by atoms with E-state index in [0.717, 1.165) is 22.8 Å². The molecular weight excluding hydrogens is 296 g/mol. The first kappa shape index (κ1) is 14.9. The first-order valence-electron chi connectivity index (χ1n) is 5.97. The van der Waals surface area contributed by atoms with Gasteiger partial charge in [0.25, 0.3) is 5.91 Å². The molecule has 2 aromatic rings. The van der Waals surface area contributed by atoms with E-state index in [1.54, 1.807) is 0 Å². The summed E-state index contributed by atoms with van der Waals surface area (Å²) in [4.78, 5) is 17.6. The number of nitrogens with two attached hydrogens (primary N) is 1. The molecule has 3 N–H and O–H groups in total. The summed E-state index contributed by atoms with van der Waals surface area (Å²) in [5.74, 6) is 4.71. The van der Waals surface area contributed by atoms with Crippen molar-refractivity contribution < 1.29 is 4.79 Å². The zero-order valence-corrected chi connectivity index (χ0v) is 12.5. The van der Waals surface area contributed by atoms with E-state index in [1.807, 2.05) is 36.7 Å². The Hall–Kier alpha value is -1.47. The van der Waals surface area contributed by atoms with Crippen molar-refractivity contribution >= 4 is 28.8 Å². The van der Waals surface area contributed by atoms with Gasteiger partial charge in [0.2, 0.25) is 0 Å². The van der Waals surface area contributed by atoms with Crippen LogP contribution in [0.25, 0.3) is 0 Å². The molecule has 5 nitrogen and oxygen atoms in total. The molecule has 0 aliphatic heterocycles. The Morgan fingerprint density at radius 3 is 2.90 bits per heavy atom. The predicted octanol–water partition coefficient (Wildman–Crippen LogP) is 2.03. The van der Waals surface area contributed by atoms with Crippen LogP contribution in [0.5, 0.6) is 0 Å². The molecule has 1 amide bonds. The fourth-order valence-electron chi connectivity index (χ4n) is 1.80. The highest BCUT2D eigenvalue weighted by molar-refractivity contribution is 7.11. The number of benzene rings is 1. The van der Waals surface area contributed by atoms with Gasteiger partial charge in [-0.1, -0.05) is 29.8 Å². The van der Waals surface area contributed by atoms with Crippen LogP contribution in [-0.2, 0) is 13.1 Å². The molecule has 0 fully saturated rings. The maximum atomic E-state index is 11.3. The molecule has 1 heterocycles. The van der Waals surface area contributed by atoms with Crippen molar-refractivity contribution in [3.63, 3.8) is 0 Å². The number of nitrogens with one attached hydrogen (secondary N) is 1. The summed E-state index contributed by atoms with van der Waals surface area (Å²) in [5.41, 5.74) is 3.97. The zero-order chi connectivity index (χ0) is 14.5. The minimum absolute atomic E-state index is 0.366. The van der Waals surface area contributed by atoms with Crippen LogP contribution in [0.2, 0.25) is 5.02 Å². The third-order valence-electron chi connectivity index (χ3n) is 2.71. The lowest BCUT2D eigenvalue weighted by Gasteiger charge is -2.16. The largest absolute Gasteiger partial charge is 0.296 e. The maximum absolute atomic E-state index is 11.3. The highest BCUT2D eigenvalue weighted by Crippen LogP contribution is 2.18. The first-order valence-corrected chi connectivity index (χ1v) is 7.23. The number of carbonyl (C=O) groups is 1. The van der Waals surface area contributed by atoms with Gasteiger partial charge in [-0.2, -0.15) is 0 Å². The smallest absolute Gasteiger partial charge is 0.294 e. The summed E-state index contributed by atoms with van der Waals surface area (Å²) in [6.07, 6.45) is 0. The highest BCUT2D eigenvalue weighted by atomic mass is 35.5. The number of thiazole rings is 1. The van der Waals surface area contributed by atoms with E-state index < -0.39 is 0 Å². The van der Waals surface area contributed by atoms with E-state index in [9.17, 15) is 4.79 Å². The van der Waals surface area contributed by atoms with Crippen molar-refractivity contribution in [2.45, 2.75) is 13.1 Å². The Labute approximate surface area is 126 Å². The van der Waals surface area contributed by atoms with E-state index in [1.165, 1.54) is 11.3 Å². The fourth-order valence-corrected chi connectivity index (χ4v) is 2.70. The van der Waals surface area contributed by atoms with Gasteiger partial charge in [-0.05, 0) is 18.7 Å². The molecular formula is C13H15ClN4OS. The first-order chi connectivity index (χ1) is 9.60. The Bertz CT molecular complexity index is 602. The van der Waals surface area contributed by atoms with Gasteiger partial charge in [0, 0.05) is 23.5 Å². The molecule has 0 spiro atoms. The van der Waals surface area contributed by atoms with Gasteiger partial charge in [-0.15, -0.1) is 11.3 Å². The van der Waals surface area contributed by atoms with E-state index in [2.05, 4.69) is 15.3 Å². The summed E-state index contributed by atoms with van der Waals surface area (Å²) in [5, 5.41) is 2.97. The van der Waals surface area contributed by atoms with Crippen molar-refractivity contribution in [2.75, 3.05) is 7.05 Å². The summed E-state index contributed by atoms with van der Waals surface area (Å²) in [6.45, 7) is 1.36. The molecule has 0 unspecified atom stereocenters. The number of carbonyl (C=O) groups excluding carboxylic acids is 1. The minimum atomic E-state index is -0.366. The monoisotopic (exact) mass is 310 g/mol. The van der Waals surface area contributed by atoms with Crippen molar-refractivity contribution in [1.82, 2.24) is 15.3 Å². The molecule has 0 saturated heterocycles. The van der Waals surface area contributed by atoms with E-state index >= 15 is 0 Å². The van der Waals surface area contributed by atoms with Crippen LogP contribution >= 0.6 is 22.9 Å². The molecule has 0 radical (unpaired) electrons. The molecule has 0 bridgehead atoms. The molecule has 7 heteroatoms. The van der Waals surface area contributed by atoms with Gasteiger partial charge < -0.3 is 0 Å². The van der Waals surface area contributed by atoms with Crippen LogP contribution in [0.4, 0.5) is 0 Å². The lowest BCUT2D eigenvalue weighted by atomic mass is 10.2. The summed E-state index contributed by atoms with van der Waals surface area (Å²) in [6, 6.07) is 7.73. The van der Waals surface area contributed by atoms with Crippen molar-refractivity contribution in [3.05, 3.63) is 50.9 Å². The summed E-state index contributed by atoms with van der Waals surface area (Å²) in [7, 11) is 1.98. The second kappa shape index (κ2) is 6.81. The van der Waals surface area contributed by atoms with Crippen LogP contribution in [-0.4, -0.2) is 22.8 Å². The number of aromatic nitrogens is 1. The number of nitrogens with zero attached hydrogens (tertiary/aromatic N) is 2. The van der Waals surface area contributed by atoms with Crippen LogP contribution in [0, 0.1) is 0 Å². The number of nitrogen functional groups attached to an aromatic ring is 1. The number of rotatable bonds is 5. The molecule has 20 heavy (non-hydrogen) atoms. The lowest BCUT2D eigenvalue weighted by molar-refractivity contribution is 0.0953. The van der Waals surface area contributed by atoms with E-state index in [0.29, 0.717) is 11.6 Å². The quantitative estimate of drug-likeness (QED) is 0.503. The van der Waals surface area contributed by atoms with Gasteiger partial charge in [-0.3, -0.25) is 15.1 Å². The van der Waals surface area contributed by atoms with E-state index in [4.69, 9.17) is 17.4 Å². The summed E-state index contributed by atoms with van der Waals surface area (Å²) >= 11 is 7.41. The SMILES string of the molecule is CN(Cc1csc(C(=O)NN)n1)Cc1ccccc1Cl. The molecule has 0 atom stereocenters. The molecule has 1 aromatic carbocycles. The topological polar surface area (TPSA) is 71.2 Å². The summed E-state index contributed by atoms with van der Waals surface area (Å²) < 4.78 is 0. The molecule has 2 rings (SSSR count). The van der Waals surface area contributed by atoms with Crippen molar-refractivity contribution in [2.24, 2.45) is 5.84 Å². The number of hydrazine groups is 1. The number of hydrogen-bond donors (Lipinski definition) is 2. The van der Waals surface area contributed by atoms with Crippen molar-refractivity contribution in [1.29, 1.82) is 0 Å². The third-order valence-corrected chi connectivity index (χ3v) is 3.97. The molecule has 106 valence electrons. The Morgan fingerprint density at radius 2 is 2.20 bits per heavy atom. The van der Waals surface area contributed by atoms with Crippen LogP contribution < -0.4 is 11.3 Å². The zero-order valence-electron chi connectivity index (χ0n) is 11.0. The highest BCUT2D eigenvalue weighted by Gasteiger charge is 2.11. The van der Waals surface area contributed by atoms with E-state index in [-0.39, 0.29) is 5.91 Å². The van der Waals surface area contributed by atoms with Gasteiger partial charge in [-0.25, -0.2) is 10.8 Å². The second-order valence-corrected chi connectivity index (χ2v) is 5.65. The average Bonchev–Trinajstić information content (AvgIpc) is 2.89. The van der Waals surface area contributed by atoms with Crippen LogP contribution in [0.3, 0.4) is 0 Å². The lowest BCUT2D eigenvalue weighted by Crippen LogP contribution is -2.29. The van der Waals surface area contributed by atoms with Crippen LogP contribution in [0.1, 0.15) is 21.1 Å². The third kappa shape index (κ3) is 3.77. The second-order valence-electron chi connectivity index (χ2n) is 4.38. The minimum Gasteiger partial charge on any atom is -0.296 e. The molecule has 0 aliphatic rings. The number of halogens is 1. The maximum Gasteiger partial charge on any atom is 0.294 e. The molecule has 0 saturated carbocycles. The Morgan fingerprint density at radius 1 is 1.45 bits per heavy atom. The average molecular weight is 311 g/mol. The van der Waals surface area contributed by atoms with Crippen molar-refractivity contribution in [3.8, 4) is 0 Å². The number of amides is 1. The normalized spacial score (nSPS) is 10.8.